The van der Waals surface area contributed by atoms with Crippen molar-refractivity contribution in [2.45, 2.75) is 12.8 Å². The van der Waals surface area contributed by atoms with Crippen molar-refractivity contribution in [3.8, 4) is 0 Å². The Hall–Kier alpha value is -0.880. The molecule has 16 heavy (non-hydrogen) atoms. The van der Waals surface area contributed by atoms with Crippen LogP contribution in [0.5, 0.6) is 0 Å². The summed E-state index contributed by atoms with van der Waals surface area (Å²) in [5.41, 5.74) is 5.67. The second-order valence-corrected chi connectivity index (χ2v) is 4.68. The summed E-state index contributed by atoms with van der Waals surface area (Å²) in [6.45, 7) is 2.57. The van der Waals surface area contributed by atoms with Gasteiger partial charge in [-0.05, 0) is 34.7 Å². The first kappa shape index (κ1) is 11.6. The standard InChI is InChI=1S/C10H15BrN4O/c11-8-9(12)14-6-15-10(8)13-4-7-2-1-3-16-5-7/h6-7H,1-5H2,(H3,12,13,14,15). The highest BCUT2D eigenvalue weighted by molar-refractivity contribution is 9.10. The van der Waals surface area contributed by atoms with Crippen molar-refractivity contribution in [2.24, 2.45) is 5.92 Å². The molecular weight excluding hydrogens is 272 g/mol. The van der Waals surface area contributed by atoms with Crippen LogP contribution in [0, 0.1) is 5.92 Å². The first-order valence-corrected chi connectivity index (χ1v) is 6.14. The Balaban J connectivity index is 1.91. The fraction of sp³-hybridized carbons (Fsp3) is 0.600. The maximum atomic E-state index is 5.67. The van der Waals surface area contributed by atoms with Gasteiger partial charge in [0.1, 0.15) is 22.4 Å². The van der Waals surface area contributed by atoms with Gasteiger partial charge in [-0.3, -0.25) is 0 Å². The van der Waals surface area contributed by atoms with Gasteiger partial charge >= 0.3 is 0 Å². The van der Waals surface area contributed by atoms with Crippen LogP contribution < -0.4 is 11.1 Å². The topological polar surface area (TPSA) is 73.1 Å². The van der Waals surface area contributed by atoms with E-state index in [-0.39, 0.29) is 0 Å². The predicted molar refractivity (Wildman–Crippen MR) is 66.2 cm³/mol. The van der Waals surface area contributed by atoms with Crippen molar-refractivity contribution in [3.63, 3.8) is 0 Å². The maximum Gasteiger partial charge on any atom is 0.145 e. The quantitative estimate of drug-likeness (QED) is 0.884. The van der Waals surface area contributed by atoms with E-state index in [1.807, 2.05) is 0 Å². The minimum Gasteiger partial charge on any atom is -0.383 e. The van der Waals surface area contributed by atoms with Crippen LogP contribution in [0.15, 0.2) is 10.8 Å². The second-order valence-electron chi connectivity index (χ2n) is 3.89. The summed E-state index contributed by atoms with van der Waals surface area (Å²) in [5, 5.41) is 3.27. The fourth-order valence-corrected chi connectivity index (χ4v) is 2.06. The summed E-state index contributed by atoms with van der Waals surface area (Å²) in [5.74, 6) is 1.76. The van der Waals surface area contributed by atoms with Crippen molar-refractivity contribution in [2.75, 3.05) is 30.8 Å². The normalized spacial score (nSPS) is 20.7. The lowest BCUT2D eigenvalue weighted by Gasteiger charge is -2.22. The first-order chi connectivity index (χ1) is 7.77. The number of nitrogens with zero attached hydrogens (tertiary/aromatic N) is 2. The molecule has 1 unspecified atom stereocenters. The molecule has 0 bridgehead atoms. The largest absolute Gasteiger partial charge is 0.383 e. The fourth-order valence-electron chi connectivity index (χ4n) is 1.72. The van der Waals surface area contributed by atoms with Crippen LogP contribution in [0.1, 0.15) is 12.8 Å². The van der Waals surface area contributed by atoms with Crippen LogP contribution in [0.25, 0.3) is 0 Å². The van der Waals surface area contributed by atoms with E-state index in [0.29, 0.717) is 11.7 Å². The van der Waals surface area contributed by atoms with Gasteiger partial charge in [-0.2, -0.15) is 0 Å². The number of rotatable bonds is 3. The third-order valence-electron chi connectivity index (χ3n) is 2.63. The van der Waals surface area contributed by atoms with Crippen molar-refractivity contribution < 1.29 is 4.74 Å². The van der Waals surface area contributed by atoms with Gasteiger partial charge in [0.25, 0.3) is 0 Å². The van der Waals surface area contributed by atoms with E-state index in [2.05, 4.69) is 31.2 Å². The zero-order valence-corrected chi connectivity index (χ0v) is 10.5. The molecule has 1 aromatic heterocycles. The Labute approximate surface area is 103 Å². The molecule has 6 heteroatoms. The van der Waals surface area contributed by atoms with Gasteiger partial charge in [0.05, 0.1) is 6.61 Å². The van der Waals surface area contributed by atoms with Crippen LogP contribution in [-0.4, -0.2) is 29.7 Å². The number of nitrogens with one attached hydrogen (secondary N) is 1. The molecule has 0 amide bonds. The van der Waals surface area contributed by atoms with E-state index >= 15 is 0 Å². The molecule has 1 aromatic rings. The van der Waals surface area contributed by atoms with E-state index in [4.69, 9.17) is 10.5 Å². The van der Waals surface area contributed by atoms with Gasteiger partial charge in [0, 0.05) is 13.2 Å². The van der Waals surface area contributed by atoms with Crippen molar-refractivity contribution in [1.82, 2.24) is 9.97 Å². The van der Waals surface area contributed by atoms with Crippen molar-refractivity contribution in [1.29, 1.82) is 0 Å². The molecule has 0 aliphatic carbocycles. The summed E-state index contributed by atoms with van der Waals surface area (Å²) in [7, 11) is 0. The molecule has 3 N–H and O–H groups in total. The SMILES string of the molecule is Nc1ncnc(NCC2CCCOC2)c1Br. The molecule has 1 aliphatic rings. The highest BCUT2D eigenvalue weighted by Crippen LogP contribution is 2.24. The van der Waals surface area contributed by atoms with E-state index in [1.165, 1.54) is 12.7 Å². The molecule has 1 fully saturated rings. The Morgan fingerprint density at radius 2 is 2.44 bits per heavy atom. The summed E-state index contributed by atoms with van der Waals surface area (Å²) in [6.07, 6.45) is 3.80. The van der Waals surface area contributed by atoms with Crippen LogP contribution in [0.2, 0.25) is 0 Å². The number of hydrogen-bond acceptors (Lipinski definition) is 5. The Morgan fingerprint density at radius 1 is 1.56 bits per heavy atom. The minimum absolute atomic E-state index is 0.456. The van der Waals surface area contributed by atoms with Crippen LogP contribution in [-0.2, 0) is 4.74 Å². The lowest BCUT2D eigenvalue weighted by molar-refractivity contribution is 0.0595. The molecule has 2 rings (SSSR count). The molecule has 1 saturated heterocycles. The highest BCUT2D eigenvalue weighted by Gasteiger charge is 2.14. The lowest BCUT2D eigenvalue weighted by Crippen LogP contribution is -2.24. The summed E-state index contributed by atoms with van der Waals surface area (Å²) in [4.78, 5) is 8.02. The van der Waals surface area contributed by atoms with Gasteiger partial charge in [-0.1, -0.05) is 0 Å². The van der Waals surface area contributed by atoms with Gasteiger partial charge in [-0.15, -0.1) is 0 Å². The zero-order chi connectivity index (χ0) is 11.4. The Bertz CT molecular complexity index is 355. The van der Waals surface area contributed by atoms with Gasteiger partial charge in [0.15, 0.2) is 0 Å². The van der Waals surface area contributed by atoms with Gasteiger partial charge in [0.2, 0.25) is 0 Å². The number of ether oxygens (including phenoxy) is 1. The highest BCUT2D eigenvalue weighted by atomic mass is 79.9. The Kier molecular flexibility index (Phi) is 3.95. The number of hydrogen-bond donors (Lipinski definition) is 2. The summed E-state index contributed by atoms with van der Waals surface area (Å²) < 4.78 is 6.14. The molecule has 1 atom stereocenters. The average Bonchev–Trinajstić information content (AvgIpc) is 2.32. The second kappa shape index (κ2) is 5.45. The number of aromatic nitrogens is 2. The molecule has 0 saturated carbocycles. The third-order valence-corrected chi connectivity index (χ3v) is 3.41. The van der Waals surface area contributed by atoms with Crippen molar-refractivity contribution >= 4 is 27.6 Å². The van der Waals surface area contributed by atoms with Gasteiger partial charge < -0.3 is 15.8 Å². The molecule has 0 aromatic carbocycles. The average molecular weight is 287 g/mol. The van der Waals surface area contributed by atoms with Crippen molar-refractivity contribution in [3.05, 3.63) is 10.8 Å². The number of nitrogens with two attached hydrogens (primary N) is 1. The van der Waals surface area contributed by atoms with Crippen LogP contribution in [0.3, 0.4) is 0 Å². The number of nitrogen functional groups attached to an aromatic ring is 1. The minimum atomic E-state index is 0.456. The first-order valence-electron chi connectivity index (χ1n) is 5.35. The smallest absolute Gasteiger partial charge is 0.145 e. The van der Waals surface area contributed by atoms with Gasteiger partial charge in [-0.25, -0.2) is 9.97 Å². The summed E-state index contributed by atoms with van der Waals surface area (Å²) in [6, 6.07) is 0. The molecule has 0 spiro atoms. The third kappa shape index (κ3) is 2.82. The molecular formula is C10H15BrN4O. The molecule has 88 valence electrons. The summed E-state index contributed by atoms with van der Waals surface area (Å²) >= 11 is 3.36. The molecule has 1 aliphatic heterocycles. The van der Waals surface area contributed by atoms with E-state index in [0.717, 1.165) is 36.5 Å². The molecule has 0 radical (unpaired) electrons. The monoisotopic (exact) mass is 286 g/mol. The van der Waals surface area contributed by atoms with Crippen LogP contribution in [0.4, 0.5) is 11.6 Å². The number of anilines is 2. The maximum absolute atomic E-state index is 5.67. The molecule has 5 nitrogen and oxygen atoms in total. The molecule has 2 heterocycles. The van der Waals surface area contributed by atoms with E-state index in [9.17, 15) is 0 Å². The zero-order valence-electron chi connectivity index (χ0n) is 8.95. The lowest BCUT2D eigenvalue weighted by atomic mass is 10.0. The number of halogens is 1. The van der Waals surface area contributed by atoms with E-state index < -0.39 is 0 Å². The van der Waals surface area contributed by atoms with Crippen LogP contribution >= 0.6 is 15.9 Å². The predicted octanol–water partition coefficient (Wildman–Crippen LogP) is 1.66. The Morgan fingerprint density at radius 3 is 3.19 bits per heavy atom. The van der Waals surface area contributed by atoms with E-state index in [1.54, 1.807) is 0 Å².